The highest BCUT2D eigenvalue weighted by Crippen LogP contribution is 1.86. The molecule has 1 fully saturated rings. The summed E-state index contributed by atoms with van der Waals surface area (Å²) in [7, 11) is 0. The average Bonchev–Trinajstić information content (AvgIpc) is 1.99. The fraction of sp³-hybridized carbons (Fsp3) is 0.800. The van der Waals surface area contributed by atoms with Crippen molar-refractivity contribution in [2.75, 3.05) is 19.8 Å². The lowest BCUT2D eigenvalue weighted by Crippen LogP contribution is -2.41. The van der Waals surface area contributed by atoms with Crippen LogP contribution in [0.15, 0.2) is 0 Å². The van der Waals surface area contributed by atoms with Crippen molar-refractivity contribution in [2.45, 2.75) is 6.04 Å². The second kappa shape index (κ2) is 4.49. The van der Waals surface area contributed by atoms with Gasteiger partial charge in [-0.3, -0.25) is 4.79 Å². The molecule has 4 nitrogen and oxygen atoms in total. The number of hydrogen-bond acceptors (Lipinski definition) is 3. The summed E-state index contributed by atoms with van der Waals surface area (Å²) in [5.74, 6) is -0.118. The summed E-state index contributed by atoms with van der Waals surface area (Å²) in [6.45, 7) is 1.48. The number of amides is 1. The van der Waals surface area contributed by atoms with E-state index in [1.165, 1.54) is 0 Å². The van der Waals surface area contributed by atoms with Crippen LogP contribution in [0, 0.1) is 0 Å². The van der Waals surface area contributed by atoms with Crippen molar-refractivity contribution >= 4 is 18.3 Å². The van der Waals surface area contributed by atoms with E-state index in [0.29, 0.717) is 19.8 Å². The van der Waals surface area contributed by atoms with Gasteiger partial charge < -0.3 is 15.8 Å². The van der Waals surface area contributed by atoms with Gasteiger partial charge in [0.2, 0.25) is 5.91 Å². The van der Waals surface area contributed by atoms with Gasteiger partial charge in [-0.1, -0.05) is 0 Å². The van der Waals surface area contributed by atoms with E-state index in [4.69, 9.17) is 10.5 Å². The Kier molecular flexibility index (Phi) is 4.34. The molecule has 1 heterocycles. The van der Waals surface area contributed by atoms with Crippen LogP contribution < -0.4 is 11.1 Å². The summed E-state index contributed by atoms with van der Waals surface area (Å²) in [6, 6.07) is -0.479. The molecule has 1 rings (SSSR count). The molecule has 1 saturated heterocycles. The van der Waals surface area contributed by atoms with E-state index in [1.54, 1.807) is 0 Å². The Morgan fingerprint density at radius 1 is 1.70 bits per heavy atom. The maximum absolute atomic E-state index is 10.7. The Bertz CT molecular complexity index is 120. The molecule has 1 amide bonds. The Morgan fingerprint density at radius 2 is 2.40 bits per heavy atom. The van der Waals surface area contributed by atoms with Crippen LogP contribution >= 0.6 is 12.4 Å². The highest BCUT2D eigenvalue weighted by molar-refractivity contribution is 5.85. The lowest BCUT2D eigenvalue weighted by atomic mass is 10.3. The maximum atomic E-state index is 10.7. The molecule has 0 radical (unpaired) electrons. The fourth-order valence-electron chi connectivity index (χ4n) is 0.663. The SMILES string of the molecule is Cl.N[C@H]1COCCNC1=O. The predicted molar refractivity (Wildman–Crippen MR) is 39.1 cm³/mol. The number of nitrogens with two attached hydrogens (primary N) is 1. The van der Waals surface area contributed by atoms with Crippen LogP contribution in [0.3, 0.4) is 0 Å². The van der Waals surface area contributed by atoms with E-state index in [2.05, 4.69) is 5.32 Å². The van der Waals surface area contributed by atoms with E-state index < -0.39 is 6.04 Å². The molecule has 0 aromatic carbocycles. The van der Waals surface area contributed by atoms with Crippen LogP contribution in [0.2, 0.25) is 0 Å². The third kappa shape index (κ3) is 2.51. The van der Waals surface area contributed by atoms with Gasteiger partial charge in [0.05, 0.1) is 13.2 Å². The van der Waals surface area contributed by atoms with Crippen molar-refractivity contribution < 1.29 is 9.53 Å². The van der Waals surface area contributed by atoms with Gasteiger partial charge in [-0.25, -0.2) is 0 Å². The van der Waals surface area contributed by atoms with Gasteiger partial charge >= 0.3 is 0 Å². The van der Waals surface area contributed by atoms with E-state index in [0.717, 1.165) is 0 Å². The monoisotopic (exact) mass is 166 g/mol. The molecule has 0 aromatic rings. The Hall–Kier alpha value is -0.320. The van der Waals surface area contributed by atoms with Crippen molar-refractivity contribution in [2.24, 2.45) is 5.73 Å². The molecular formula is C5H11ClN2O2. The largest absolute Gasteiger partial charge is 0.377 e. The van der Waals surface area contributed by atoms with E-state index in [9.17, 15) is 4.79 Å². The number of ether oxygens (including phenoxy) is 1. The molecular weight excluding hydrogens is 156 g/mol. The number of hydrogen-bond donors (Lipinski definition) is 2. The number of nitrogens with one attached hydrogen (secondary N) is 1. The zero-order valence-electron chi connectivity index (χ0n) is 5.50. The van der Waals surface area contributed by atoms with Crippen LogP contribution in [-0.2, 0) is 9.53 Å². The van der Waals surface area contributed by atoms with Crippen LogP contribution in [0.4, 0.5) is 0 Å². The minimum atomic E-state index is -0.479. The van der Waals surface area contributed by atoms with Gasteiger partial charge in [0.1, 0.15) is 6.04 Å². The molecule has 60 valence electrons. The molecule has 3 N–H and O–H groups in total. The number of rotatable bonds is 0. The van der Waals surface area contributed by atoms with Crippen molar-refractivity contribution in [1.29, 1.82) is 0 Å². The highest BCUT2D eigenvalue weighted by atomic mass is 35.5. The number of halogens is 1. The summed E-state index contributed by atoms with van der Waals surface area (Å²) >= 11 is 0. The third-order valence-corrected chi connectivity index (χ3v) is 1.18. The summed E-state index contributed by atoms with van der Waals surface area (Å²) in [5, 5.41) is 2.61. The molecule has 0 saturated carbocycles. The first-order valence-electron chi connectivity index (χ1n) is 2.92. The summed E-state index contributed by atoms with van der Waals surface area (Å²) < 4.78 is 4.97. The first kappa shape index (κ1) is 9.68. The van der Waals surface area contributed by atoms with E-state index in [-0.39, 0.29) is 18.3 Å². The number of carbonyl (C=O) groups is 1. The summed E-state index contributed by atoms with van der Waals surface area (Å²) in [5.41, 5.74) is 5.34. The fourth-order valence-corrected chi connectivity index (χ4v) is 0.663. The van der Waals surface area contributed by atoms with Gasteiger partial charge in [0.15, 0.2) is 0 Å². The quantitative estimate of drug-likeness (QED) is 0.479. The molecule has 1 atom stereocenters. The van der Waals surface area contributed by atoms with Crippen LogP contribution in [-0.4, -0.2) is 31.7 Å². The second-order valence-electron chi connectivity index (χ2n) is 1.97. The van der Waals surface area contributed by atoms with E-state index in [1.807, 2.05) is 0 Å². The predicted octanol–water partition coefficient (Wildman–Crippen LogP) is -1.12. The standard InChI is InChI=1S/C5H10N2O2.ClH/c6-4-3-9-2-1-7-5(4)8;/h4H,1-3,6H2,(H,7,8);1H/t4-;/m0./s1. The molecule has 0 aromatic heterocycles. The molecule has 0 aliphatic carbocycles. The Morgan fingerprint density at radius 3 is 3.10 bits per heavy atom. The average molecular weight is 167 g/mol. The summed E-state index contributed by atoms with van der Waals surface area (Å²) in [6.07, 6.45) is 0. The van der Waals surface area contributed by atoms with Gasteiger partial charge in [0.25, 0.3) is 0 Å². The third-order valence-electron chi connectivity index (χ3n) is 1.18. The van der Waals surface area contributed by atoms with Crippen molar-refractivity contribution in [3.05, 3.63) is 0 Å². The lowest BCUT2D eigenvalue weighted by molar-refractivity contribution is -0.122. The molecule has 1 aliphatic heterocycles. The van der Waals surface area contributed by atoms with Gasteiger partial charge in [-0.2, -0.15) is 0 Å². The maximum Gasteiger partial charge on any atom is 0.239 e. The summed E-state index contributed by atoms with van der Waals surface area (Å²) in [4.78, 5) is 10.7. The van der Waals surface area contributed by atoms with E-state index >= 15 is 0 Å². The van der Waals surface area contributed by atoms with Gasteiger partial charge in [-0.05, 0) is 0 Å². The second-order valence-corrected chi connectivity index (χ2v) is 1.97. The number of carbonyl (C=O) groups excluding carboxylic acids is 1. The molecule has 5 heteroatoms. The topological polar surface area (TPSA) is 64.3 Å². The minimum absolute atomic E-state index is 0. The zero-order valence-corrected chi connectivity index (χ0v) is 6.32. The Labute approximate surface area is 65.5 Å². The molecule has 10 heavy (non-hydrogen) atoms. The molecule has 1 aliphatic rings. The highest BCUT2D eigenvalue weighted by Gasteiger charge is 2.15. The minimum Gasteiger partial charge on any atom is -0.377 e. The molecule has 0 bridgehead atoms. The van der Waals surface area contributed by atoms with Crippen molar-refractivity contribution in [3.8, 4) is 0 Å². The van der Waals surface area contributed by atoms with Crippen molar-refractivity contribution in [1.82, 2.24) is 5.32 Å². The zero-order chi connectivity index (χ0) is 6.69. The van der Waals surface area contributed by atoms with Crippen LogP contribution in [0.1, 0.15) is 0 Å². The van der Waals surface area contributed by atoms with Crippen LogP contribution in [0.5, 0.6) is 0 Å². The first-order valence-corrected chi connectivity index (χ1v) is 2.92. The van der Waals surface area contributed by atoms with Gasteiger partial charge in [0, 0.05) is 6.54 Å². The smallest absolute Gasteiger partial charge is 0.239 e. The lowest BCUT2D eigenvalue weighted by Gasteiger charge is -2.03. The normalized spacial score (nSPS) is 26.1. The van der Waals surface area contributed by atoms with Crippen molar-refractivity contribution in [3.63, 3.8) is 0 Å². The van der Waals surface area contributed by atoms with Crippen LogP contribution in [0.25, 0.3) is 0 Å². The molecule has 0 unspecified atom stereocenters. The molecule has 0 spiro atoms. The first-order chi connectivity index (χ1) is 4.30. The van der Waals surface area contributed by atoms with Gasteiger partial charge in [-0.15, -0.1) is 12.4 Å². The Balaban J connectivity index is 0.000000810.